The molecule has 0 aromatic carbocycles. The number of hydrogen-bond acceptors (Lipinski definition) is 2. The van der Waals surface area contributed by atoms with Gasteiger partial charge in [-0.3, -0.25) is 0 Å². The molecule has 2 N–H and O–H groups in total. The highest BCUT2D eigenvalue weighted by molar-refractivity contribution is 4.87. The highest BCUT2D eigenvalue weighted by Gasteiger charge is 2.31. The summed E-state index contributed by atoms with van der Waals surface area (Å²) in [6, 6.07) is 0.816. The van der Waals surface area contributed by atoms with Crippen LogP contribution in [0.2, 0.25) is 0 Å². The lowest BCUT2D eigenvalue weighted by Gasteiger charge is -2.39. The van der Waals surface area contributed by atoms with E-state index >= 15 is 0 Å². The normalized spacial score (nSPS) is 25.8. The highest BCUT2D eigenvalue weighted by Crippen LogP contribution is 2.33. The first kappa shape index (κ1) is 14.3. The van der Waals surface area contributed by atoms with Gasteiger partial charge in [0.05, 0.1) is 0 Å². The van der Waals surface area contributed by atoms with Crippen molar-refractivity contribution in [3.8, 4) is 0 Å². The van der Waals surface area contributed by atoms with Crippen LogP contribution in [0, 0.1) is 5.41 Å². The Balaban J connectivity index is 1.80. The molecule has 0 spiro atoms. The van der Waals surface area contributed by atoms with Gasteiger partial charge in [0.2, 0.25) is 0 Å². The maximum atomic E-state index is 3.93. The molecule has 0 amide bonds. The summed E-state index contributed by atoms with van der Waals surface area (Å²) in [5.41, 5.74) is 0.603. The van der Waals surface area contributed by atoms with Crippen molar-refractivity contribution in [1.29, 1.82) is 0 Å². The van der Waals surface area contributed by atoms with E-state index in [1.807, 2.05) is 0 Å². The molecule has 0 aromatic rings. The van der Waals surface area contributed by atoms with Gasteiger partial charge in [0.1, 0.15) is 0 Å². The second kappa shape index (κ2) is 7.49. The Bertz CT molecular complexity index is 208. The lowest BCUT2D eigenvalue weighted by atomic mass is 9.75. The van der Waals surface area contributed by atoms with E-state index in [2.05, 4.69) is 17.6 Å². The van der Waals surface area contributed by atoms with E-state index in [0.717, 1.165) is 6.04 Å². The van der Waals surface area contributed by atoms with Gasteiger partial charge in [-0.25, -0.2) is 0 Å². The van der Waals surface area contributed by atoms with Gasteiger partial charge >= 0.3 is 0 Å². The molecule has 0 atom stereocenters. The van der Waals surface area contributed by atoms with E-state index in [4.69, 9.17) is 0 Å². The molecule has 106 valence electrons. The van der Waals surface area contributed by atoms with Gasteiger partial charge in [0.15, 0.2) is 0 Å². The van der Waals surface area contributed by atoms with Crippen LogP contribution in [0.25, 0.3) is 0 Å². The Morgan fingerprint density at radius 1 is 1.06 bits per heavy atom. The first-order valence-corrected chi connectivity index (χ1v) is 8.29. The Labute approximate surface area is 113 Å². The van der Waals surface area contributed by atoms with E-state index in [0.29, 0.717) is 5.41 Å². The third kappa shape index (κ3) is 4.24. The smallest absolute Gasteiger partial charge is 0.00672 e. The van der Waals surface area contributed by atoms with Crippen LogP contribution in [-0.2, 0) is 0 Å². The van der Waals surface area contributed by atoms with Gasteiger partial charge in [-0.1, -0.05) is 39.0 Å². The molecule has 2 nitrogen and oxygen atoms in total. The molecular weight excluding hydrogens is 220 g/mol. The van der Waals surface area contributed by atoms with Gasteiger partial charge < -0.3 is 10.6 Å². The first-order chi connectivity index (χ1) is 8.85. The van der Waals surface area contributed by atoms with Crippen LogP contribution in [0.3, 0.4) is 0 Å². The van der Waals surface area contributed by atoms with Crippen molar-refractivity contribution in [2.24, 2.45) is 5.41 Å². The molecule has 0 bridgehead atoms. The van der Waals surface area contributed by atoms with Crippen LogP contribution in [0.4, 0.5) is 0 Å². The SMILES string of the molecule is CCCC1(CNC2CCCCCC2)CCNCC1. The first-order valence-electron chi connectivity index (χ1n) is 8.29. The standard InChI is InChI=1S/C16H32N2/c1-2-9-16(10-12-17-13-11-16)14-18-15-7-5-3-4-6-8-15/h15,17-18H,2-14H2,1H3. The van der Waals surface area contributed by atoms with E-state index in [1.54, 1.807) is 0 Å². The zero-order chi connectivity index (χ0) is 12.7. The molecule has 1 saturated carbocycles. The van der Waals surface area contributed by atoms with Crippen molar-refractivity contribution in [3.63, 3.8) is 0 Å². The monoisotopic (exact) mass is 252 g/mol. The Morgan fingerprint density at radius 2 is 1.72 bits per heavy atom. The quantitative estimate of drug-likeness (QED) is 0.732. The zero-order valence-corrected chi connectivity index (χ0v) is 12.3. The molecule has 2 fully saturated rings. The molecule has 2 rings (SSSR count). The van der Waals surface area contributed by atoms with Crippen molar-refractivity contribution in [2.45, 2.75) is 77.2 Å². The largest absolute Gasteiger partial charge is 0.317 e. The second-order valence-corrected chi connectivity index (χ2v) is 6.57. The molecule has 1 saturated heterocycles. The second-order valence-electron chi connectivity index (χ2n) is 6.57. The van der Waals surface area contributed by atoms with Crippen LogP contribution >= 0.6 is 0 Å². The molecule has 2 aliphatic rings. The fourth-order valence-electron chi connectivity index (χ4n) is 3.85. The molecule has 0 aromatic heterocycles. The van der Waals surface area contributed by atoms with Crippen molar-refractivity contribution in [1.82, 2.24) is 10.6 Å². The van der Waals surface area contributed by atoms with Crippen molar-refractivity contribution < 1.29 is 0 Å². The van der Waals surface area contributed by atoms with Crippen LogP contribution in [-0.4, -0.2) is 25.7 Å². The highest BCUT2D eigenvalue weighted by atomic mass is 14.9. The maximum Gasteiger partial charge on any atom is 0.00672 e. The van der Waals surface area contributed by atoms with E-state index in [-0.39, 0.29) is 0 Å². The lowest BCUT2D eigenvalue weighted by molar-refractivity contribution is 0.167. The molecule has 1 heterocycles. The fraction of sp³-hybridized carbons (Fsp3) is 1.00. The molecule has 18 heavy (non-hydrogen) atoms. The summed E-state index contributed by atoms with van der Waals surface area (Å²) in [7, 11) is 0. The van der Waals surface area contributed by atoms with Crippen LogP contribution in [0.15, 0.2) is 0 Å². The summed E-state index contributed by atoms with van der Waals surface area (Å²) in [4.78, 5) is 0. The minimum atomic E-state index is 0.603. The molecule has 2 heteroatoms. The minimum Gasteiger partial charge on any atom is -0.317 e. The van der Waals surface area contributed by atoms with Crippen LogP contribution in [0.5, 0.6) is 0 Å². The average Bonchev–Trinajstić information content (AvgIpc) is 2.67. The third-order valence-electron chi connectivity index (χ3n) is 5.07. The van der Waals surface area contributed by atoms with Gasteiger partial charge in [-0.05, 0) is 50.6 Å². The van der Waals surface area contributed by atoms with Gasteiger partial charge in [0, 0.05) is 12.6 Å². The molecular formula is C16H32N2. The predicted octanol–water partition coefficient (Wildman–Crippen LogP) is 3.47. The Kier molecular flexibility index (Phi) is 5.97. The topological polar surface area (TPSA) is 24.1 Å². The van der Waals surface area contributed by atoms with Gasteiger partial charge in [-0.2, -0.15) is 0 Å². The van der Waals surface area contributed by atoms with Crippen molar-refractivity contribution in [2.75, 3.05) is 19.6 Å². The Morgan fingerprint density at radius 3 is 2.33 bits per heavy atom. The lowest BCUT2D eigenvalue weighted by Crippen LogP contribution is -2.45. The summed E-state index contributed by atoms with van der Waals surface area (Å²) < 4.78 is 0. The molecule has 1 aliphatic heterocycles. The van der Waals surface area contributed by atoms with Gasteiger partial charge in [0.25, 0.3) is 0 Å². The summed E-state index contributed by atoms with van der Waals surface area (Å²) in [5, 5.41) is 7.45. The molecule has 1 aliphatic carbocycles. The fourth-order valence-corrected chi connectivity index (χ4v) is 3.85. The number of piperidine rings is 1. The maximum absolute atomic E-state index is 3.93. The predicted molar refractivity (Wildman–Crippen MR) is 78.9 cm³/mol. The average molecular weight is 252 g/mol. The number of rotatable bonds is 5. The molecule has 0 radical (unpaired) electrons. The van der Waals surface area contributed by atoms with Crippen molar-refractivity contribution in [3.05, 3.63) is 0 Å². The van der Waals surface area contributed by atoms with E-state index < -0.39 is 0 Å². The van der Waals surface area contributed by atoms with Crippen molar-refractivity contribution >= 4 is 0 Å². The molecule has 0 unspecified atom stereocenters. The summed E-state index contributed by atoms with van der Waals surface area (Å²) in [6.45, 7) is 6.07. The minimum absolute atomic E-state index is 0.603. The Hall–Kier alpha value is -0.0800. The van der Waals surface area contributed by atoms with Crippen LogP contribution in [0.1, 0.15) is 71.1 Å². The van der Waals surface area contributed by atoms with Gasteiger partial charge in [-0.15, -0.1) is 0 Å². The third-order valence-corrected chi connectivity index (χ3v) is 5.07. The summed E-state index contributed by atoms with van der Waals surface area (Å²) >= 11 is 0. The van der Waals surface area contributed by atoms with E-state index in [9.17, 15) is 0 Å². The summed E-state index contributed by atoms with van der Waals surface area (Å²) in [5.74, 6) is 0. The van der Waals surface area contributed by atoms with E-state index in [1.165, 1.54) is 83.8 Å². The van der Waals surface area contributed by atoms with Crippen LogP contribution < -0.4 is 10.6 Å². The zero-order valence-electron chi connectivity index (χ0n) is 12.3. The number of hydrogen-bond donors (Lipinski definition) is 2. The number of nitrogens with one attached hydrogen (secondary N) is 2. The summed E-state index contributed by atoms with van der Waals surface area (Å²) in [6.07, 6.45) is 14.1.